The van der Waals surface area contributed by atoms with E-state index in [1.54, 1.807) is 5.01 Å². The van der Waals surface area contributed by atoms with Crippen molar-refractivity contribution in [2.45, 2.75) is 13.1 Å². The molecule has 18 heavy (non-hydrogen) atoms. The molecule has 0 aliphatic rings. The van der Waals surface area contributed by atoms with Gasteiger partial charge in [0.1, 0.15) is 0 Å². The number of nitrogens with one attached hydrogen (secondary N) is 1. The number of benzene rings is 2. The van der Waals surface area contributed by atoms with Crippen molar-refractivity contribution in [2.24, 2.45) is 10.4 Å². The van der Waals surface area contributed by atoms with Crippen molar-refractivity contribution in [3.05, 3.63) is 77.6 Å². The minimum Gasteiger partial charge on any atom is -0.397 e. The highest BCUT2D eigenvalue weighted by atomic mass is 15.6. The van der Waals surface area contributed by atoms with E-state index in [0.717, 1.165) is 11.1 Å². The Hall–Kier alpha value is -2.36. The summed E-state index contributed by atoms with van der Waals surface area (Å²) >= 11 is 0. The second kappa shape index (κ2) is 6.39. The lowest BCUT2D eigenvalue weighted by Gasteiger charge is -2.24. The number of hydrogen-bond donors (Lipinski definition) is 0. The van der Waals surface area contributed by atoms with E-state index >= 15 is 0 Å². The summed E-state index contributed by atoms with van der Waals surface area (Å²) in [6.07, 6.45) is 0. The second-order valence-corrected chi connectivity index (χ2v) is 3.98. The van der Waals surface area contributed by atoms with Crippen LogP contribution in [-0.4, -0.2) is 5.01 Å². The Labute approximate surface area is 107 Å². The van der Waals surface area contributed by atoms with E-state index in [0.29, 0.717) is 13.1 Å². The average molecular weight is 239 g/mol. The van der Waals surface area contributed by atoms with Gasteiger partial charge in [-0.1, -0.05) is 60.7 Å². The molecule has 2 rings (SSSR count). The summed E-state index contributed by atoms with van der Waals surface area (Å²) in [4.78, 5) is 0. The third-order valence-electron chi connectivity index (χ3n) is 2.59. The van der Waals surface area contributed by atoms with Gasteiger partial charge in [-0.3, -0.25) is 10.4 Å². The second-order valence-electron chi connectivity index (χ2n) is 3.98. The molecule has 2 aromatic rings. The predicted molar refractivity (Wildman–Crippen MR) is 71.3 cm³/mol. The molecular weight excluding hydrogens is 224 g/mol. The van der Waals surface area contributed by atoms with Crippen LogP contribution in [0.15, 0.2) is 71.1 Å². The zero-order valence-corrected chi connectivity index (χ0v) is 10.0. The molecule has 0 aromatic heterocycles. The number of hydrogen-bond acceptors (Lipinski definition) is 2. The summed E-state index contributed by atoms with van der Waals surface area (Å²) in [7, 11) is 0. The molecular formula is C14H15N4-. The van der Waals surface area contributed by atoms with Gasteiger partial charge in [-0.05, 0) is 11.1 Å². The largest absolute Gasteiger partial charge is 0.397 e. The highest BCUT2D eigenvalue weighted by Crippen LogP contribution is 2.10. The smallest absolute Gasteiger partial charge is 0.0429 e. The standard InChI is InChI=1S/C14H15N4/c15-16-17-18(11-13-7-3-1-4-8-13)12-14-9-5-2-6-10-14/h1-10H,11-12H2,(H-,15,17)/q-1. The molecule has 0 radical (unpaired) electrons. The molecule has 0 aliphatic carbocycles. The van der Waals surface area contributed by atoms with Gasteiger partial charge >= 0.3 is 0 Å². The molecule has 0 spiro atoms. The van der Waals surface area contributed by atoms with Crippen LogP contribution in [0.2, 0.25) is 0 Å². The van der Waals surface area contributed by atoms with E-state index in [1.165, 1.54) is 0 Å². The van der Waals surface area contributed by atoms with Crippen LogP contribution in [0.1, 0.15) is 11.1 Å². The summed E-state index contributed by atoms with van der Waals surface area (Å²) in [5.41, 5.74) is 2.31. The van der Waals surface area contributed by atoms with Gasteiger partial charge in [-0.25, -0.2) is 0 Å². The van der Waals surface area contributed by atoms with E-state index < -0.39 is 0 Å². The fourth-order valence-corrected chi connectivity index (χ4v) is 1.77. The Morgan fingerprint density at radius 2 is 1.22 bits per heavy atom. The van der Waals surface area contributed by atoms with E-state index in [1.807, 2.05) is 60.7 Å². The van der Waals surface area contributed by atoms with Crippen molar-refractivity contribution in [3.8, 4) is 0 Å². The van der Waals surface area contributed by atoms with Crippen molar-refractivity contribution >= 4 is 0 Å². The Bertz CT molecular complexity index is 440. The maximum atomic E-state index is 6.88. The lowest BCUT2D eigenvalue weighted by Crippen LogP contribution is -2.15. The first-order chi connectivity index (χ1) is 8.88. The van der Waals surface area contributed by atoms with Gasteiger partial charge in [0.25, 0.3) is 0 Å². The molecule has 1 N–H and O–H groups in total. The molecule has 0 heterocycles. The minimum atomic E-state index is 0.651. The molecule has 0 fully saturated rings. The van der Waals surface area contributed by atoms with Gasteiger partial charge in [0.05, 0.1) is 0 Å². The first-order valence-electron chi connectivity index (χ1n) is 5.78. The van der Waals surface area contributed by atoms with Gasteiger partial charge in [0, 0.05) is 13.1 Å². The highest BCUT2D eigenvalue weighted by Gasteiger charge is 2.00. The van der Waals surface area contributed by atoms with E-state index in [9.17, 15) is 0 Å². The number of rotatable bonds is 5. The minimum absolute atomic E-state index is 0.651. The summed E-state index contributed by atoms with van der Waals surface area (Å²) in [5.74, 6) is 6.88. The molecule has 0 saturated heterocycles. The summed E-state index contributed by atoms with van der Waals surface area (Å²) in [6.45, 7) is 1.30. The molecule has 0 atom stereocenters. The topological polar surface area (TPSA) is 51.8 Å². The molecule has 4 heteroatoms. The van der Waals surface area contributed by atoms with Crippen LogP contribution in [0, 0.1) is 0 Å². The number of nitrogens with zero attached hydrogens (tertiary/aromatic N) is 3. The molecule has 92 valence electrons. The lowest BCUT2D eigenvalue weighted by molar-refractivity contribution is 0.252. The van der Waals surface area contributed by atoms with E-state index in [4.69, 9.17) is 5.84 Å². The normalized spacial score (nSPS) is 10.7. The highest BCUT2D eigenvalue weighted by molar-refractivity contribution is 5.16. The maximum Gasteiger partial charge on any atom is 0.0429 e. The summed E-state index contributed by atoms with van der Waals surface area (Å²) in [5, 5.41) is 8.74. The fourth-order valence-electron chi connectivity index (χ4n) is 1.77. The van der Waals surface area contributed by atoms with Gasteiger partial charge in [-0.15, -0.1) is 0 Å². The molecule has 0 aliphatic heterocycles. The van der Waals surface area contributed by atoms with Crippen molar-refractivity contribution in [1.29, 1.82) is 0 Å². The molecule has 0 unspecified atom stereocenters. The maximum absolute atomic E-state index is 6.88. The monoisotopic (exact) mass is 239 g/mol. The van der Waals surface area contributed by atoms with E-state index in [2.05, 4.69) is 10.4 Å². The Morgan fingerprint density at radius 3 is 1.61 bits per heavy atom. The molecule has 0 bridgehead atoms. The third kappa shape index (κ3) is 3.59. The lowest BCUT2D eigenvalue weighted by atomic mass is 10.2. The van der Waals surface area contributed by atoms with Crippen LogP contribution in [-0.2, 0) is 13.1 Å². The Balaban J connectivity index is 2.05. The van der Waals surface area contributed by atoms with Crippen LogP contribution in [0.25, 0.3) is 5.84 Å². The molecule has 0 amide bonds. The molecule has 4 nitrogen and oxygen atoms in total. The quantitative estimate of drug-likeness (QED) is 0.574. The van der Waals surface area contributed by atoms with Crippen LogP contribution in [0.3, 0.4) is 0 Å². The van der Waals surface area contributed by atoms with Crippen molar-refractivity contribution < 1.29 is 0 Å². The van der Waals surface area contributed by atoms with E-state index in [-0.39, 0.29) is 0 Å². The Kier molecular flexibility index (Phi) is 4.30. The SMILES string of the molecule is [NH-]/N=N/N(Cc1ccccc1)Cc1ccccc1. The molecule has 0 saturated carbocycles. The van der Waals surface area contributed by atoms with Gasteiger partial charge in [-0.2, -0.15) is 0 Å². The van der Waals surface area contributed by atoms with Gasteiger partial charge < -0.3 is 10.9 Å². The molecule has 2 aromatic carbocycles. The van der Waals surface area contributed by atoms with Crippen LogP contribution in [0.4, 0.5) is 0 Å². The van der Waals surface area contributed by atoms with Gasteiger partial charge in [0.2, 0.25) is 0 Å². The zero-order valence-electron chi connectivity index (χ0n) is 10.0. The Morgan fingerprint density at radius 1 is 0.778 bits per heavy atom. The average Bonchev–Trinajstić information content (AvgIpc) is 2.41. The van der Waals surface area contributed by atoms with Crippen molar-refractivity contribution in [2.75, 3.05) is 0 Å². The van der Waals surface area contributed by atoms with Crippen LogP contribution < -0.4 is 0 Å². The van der Waals surface area contributed by atoms with Gasteiger partial charge in [0.15, 0.2) is 0 Å². The van der Waals surface area contributed by atoms with Crippen molar-refractivity contribution in [3.63, 3.8) is 0 Å². The van der Waals surface area contributed by atoms with Crippen LogP contribution >= 0.6 is 0 Å². The third-order valence-corrected chi connectivity index (χ3v) is 2.59. The zero-order chi connectivity index (χ0) is 12.6. The predicted octanol–water partition coefficient (Wildman–Crippen LogP) is 4.02. The summed E-state index contributed by atoms with van der Waals surface area (Å²) < 4.78 is 0. The first kappa shape index (κ1) is 12.1. The van der Waals surface area contributed by atoms with Crippen LogP contribution in [0.5, 0.6) is 0 Å². The summed E-state index contributed by atoms with van der Waals surface area (Å²) in [6, 6.07) is 20.1. The fraction of sp³-hybridized carbons (Fsp3) is 0.143. The van der Waals surface area contributed by atoms with Crippen molar-refractivity contribution in [1.82, 2.24) is 5.01 Å². The first-order valence-corrected chi connectivity index (χ1v) is 5.78.